The molecule has 1 aromatic carbocycles. The van der Waals surface area contributed by atoms with Crippen LogP contribution < -0.4 is 5.73 Å². The van der Waals surface area contributed by atoms with Gasteiger partial charge < -0.3 is 5.73 Å². The van der Waals surface area contributed by atoms with E-state index in [9.17, 15) is 0 Å². The molecule has 2 aromatic rings. The van der Waals surface area contributed by atoms with Crippen molar-refractivity contribution in [1.29, 1.82) is 0 Å². The highest BCUT2D eigenvalue weighted by molar-refractivity contribution is 7.15. The molecular formula is C10H9ClN2S. The number of hydrogen-bond acceptors (Lipinski definition) is 3. The van der Waals surface area contributed by atoms with Gasteiger partial charge in [-0.25, -0.2) is 4.98 Å². The standard InChI is InChI=1S/C10H9ClN2S/c1-6-9(13-10(12)14-6)7-2-4-8(11)5-3-7/h2-5H,1H3,(H2,12,13). The first kappa shape index (κ1) is 9.49. The Hall–Kier alpha value is -1.06. The normalized spacial score (nSPS) is 10.4. The number of thiazole rings is 1. The lowest BCUT2D eigenvalue weighted by molar-refractivity contribution is 1.38. The first-order chi connectivity index (χ1) is 6.66. The summed E-state index contributed by atoms with van der Waals surface area (Å²) in [7, 11) is 0. The van der Waals surface area contributed by atoms with Gasteiger partial charge in [0.2, 0.25) is 0 Å². The number of benzene rings is 1. The highest BCUT2D eigenvalue weighted by Gasteiger charge is 2.07. The summed E-state index contributed by atoms with van der Waals surface area (Å²) in [6.07, 6.45) is 0. The van der Waals surface area contributed by atoms with E-state index in [0.29, 0.717) is 5.13 Å². The first-order valence-electron chi connectivity index (χ1n) is 4.15. The summed E-state index contributed by atoms with van der Waals surface area (Å²) in [6, 6.07) is 7.60. The molecule has 0 spiro atoms. The molecule has 0 unspecified atom stereocenters. The molecule has 72 valence electrons. The molecule has 2 rings (SSSR count). The molecular weight excluding hydrogens is 216 g/mol. The lowest BCUT2D eigenvalue weighted by Gasteiger charge is -1.97. The number of halogens is 1. The molecule has 14 heavy (non-hydrogen) atoms. The fraction of sp³-hybridized carbons (Fsp3) is 0.100. The zero-order valence-electron chi connectivity index (χ0n) is 7.62. The van der Waals surface area contributed by atoms with Crippen LogP contribution in [0.5, 0.6) is 0 Å². The highest BCUT2D eigenvalue weighted by atomic mass is 35.5. The lowest BCUT2D eigenvalue weighted by Crippen LogP contribution is -1.83. The van der Waals surface area contributed by atoms with Gasteiger partial charge in [0, 0.05) is 15.5 Å². The van der Waals surface area contributed by atoms with E-state index in [2.05, 4.69) is 4.98 Å². The van der Waals surface area contributed by atoms with Crippen LogP contribution in [0.4, 0.5) is 5.13 Å². The highest BCUT2D eigenvalue weighted by Crippen LogP contribution is 2.29. The third-order valence-electron chi connectivity index (χ3n) is 1.93. The third-order valence-corrected chi connectivity index (χ3v) is 2.98. The molecule has 0 saturated heterocycles. The van der Waals surface area contributed by atoms with Gasteiger partial charge in [-0.3, -0.25) is 0 Å². The Morgan fingerprint density at radius 2 is 1.93 bits per heavy atom. The van der Waals surface area contributed by atoms with E-state index < -0.39 is 0 Å². The van der Waals surface area contributed by atoms with Gasteiger partial charge in [0.15, 0.2) is 5.13 Å². The monoisotopic (exact) mass is 224 g/mol. The minimum atomic E-state index is 0.604. The van der Waals surface area contributed by atoms with Gasteiger partial charge >= 0.3 is 0 Å². The SMILES string of the molecule is Cc1sc(N)nc1-c1ccc(Cl)cc1. The van der Waals surface area contributed by atoms with Crippen molar-refractivity contribution < 1.29 is 0 Å². The molecule has 0 bridgehead atoms. The van der Waals surface area contributed by atoms with Crippen LogP contribution in [0.15, 0.2) is 24.3 Å². The summed E-state index contributed by atoms with van der Waals surface area (Å²) in [5.74, 6) is 0. The van der Waals surface area contributed by atoms with Gasteiger partial charge in [0.05, 0.1) is 5.69 Å². The maximum atomic E-state index is 5.80. The summed E-state index contributed by atoms with van der Waals surface area (Å²) in [4.78, 5) is 5.39. The third kappa shape index (κ3) is 1.74. The van der Waals surface area contributed by atoms with E-state index in [1.165, 1.54) is 11.3 Å². The minimum absolute atomic E-state index is 0.604. The average Bonchev–Trinajstić information content (AvgIpc) is 2.47. The van der Waals surface area contributed by atoms with Crippen LogP contribution >= 0.6 is 22.9 Å². The zero-order valence-corrected chi connectivity index (χ0v) is 9.19. The number of rotatable bonds is 1. The van der Waals surface area contributed by atoms with E-state index in [1.54, 1.807) is 0 Å². The van der Waals surface area contributed by atoms with Crippen LogP contribution in [-0.4, -0.2) is 4.98 Å². The predicted molar refractivity (Wildman–Crippen MR) is 61.7 cm³/mol. The van der Waals surface area contributed by atoms with Gasteiger partial charge in [-0.2, -0.15) is 0 Å². The van der Waals surface area contributed by atoms with Crippen LogP contribution in [0.25, 0.3) is 11.3 Å². The van der Waals surface area contributed by atoms with Crippen LogP contribution in [0.3, 0.4) is 0 Å². The molecule has 1 heterocycles. The molecule has 4 heteroatoms. The molecule has 0 fully saturated rings. The molecule has 0 saturated carbocycles. The van der Waals surface area contributed by atoms with E-state index in [-0.39, 0.29) is 0 Å². The molecule has 0 radical (unpaired) electrons. The Kier molecular flexibility index (Phi) is 2.44. The van der Waals surface area contributed by atoms with Crippen molar-refractivity contribution in [2.24, 2.45) is 0 Å². The Balaban J connectivity index is 2.49. The van der Waals surface area contributed by atoms with Crippen molar-refractivity contribution in [2.75, 3.05) is 5.73 Å². The van der Waals surface area contributed by atoms with Crippen molar-refractivity contribution in [3.63, 3.8) is 0 Å². The predicted octanol–water partition coefficient (Wildman–Crippen LogP) is 3.35. The Morgan fingerprint density at radius 1 is 1.29 bits per heavy atom. The second-order valence-corrected chi connectivity index (χ2v) is 4.63. The minimum Gasteiger partial charge on any atom is -0.375 e. The van der Waals surface area contributed by atoms with E-state index >= 15 is 0 Å². The van der Waals surface area contributed by atoms with Gasteiger partial charge in [0.1, 0.15) is 0 Å². The summed E-state index contributed by atoms with van der Waals surface area (Å²) < 4.78 is 0. The first-order valence-corrected chi connectivity index (χ1v) is 5.35. The molecule has 2 N–H and O–H groups in total. The van der Waals surface area contributed by atoms with Crippen molar-refractivity contribution in [3.8, 4) is 11.3 Å². The average molecular weight is 225 g/mol. The summed E-state index contributed by atoms with van der Waals surface area (Å²) in [6.45, 7) is 2.01. The van der Waals surface area contributed by atoms with Crippen LogP contribution in [0, 0.1) is 6.92 Å². The number of nitrogen functional groups attached to an aromatic ring is 1. The van der Waals surface area contributed by atoms with Crippen molar-refractivity contribution >= 4 is 28.1 Å². The molecule has 0 amide bonds. The second-order valence-electron chi connectivity index (χ2n) is 2.96. The molecule has 0 aliphatic carbocycles. The van der Waals surface area contributed by atoms with E-state index in [0.717, 1.165) is 21.2 Å². The van der Waals surface area contributed by atoms with Crippen LogP contribution in [0.2, 0.25) is 5.02 Å². The van der Waals surface area contributed by atoms with E-state index in [4.69, 9.17) is 17.3 Å². The molecule has 2 nitrogen and oxygen atoms in total. The summed E-state index contributed by atoms with van der Waals surface area (Å²) in [5, 5.41) is 1.34. The van der Waals surface area contributed by atoms with Gasteiger partial charge in [-0.05, 0) is 19.1 Å². The molecule has 0 aliphatic rings. The Bertz CT molecular complexity index is 448. The fourth-order valence-corrected chi connectivity index (χ4v) is 2.13. The summed E-state index contributed by atoms with van der Waals surface area (Å²) >= 11 is 7.30. The number of nitrogens with two attached hydrogens (primary N) is 1. The van der Waals surface area contributed by atoms with Crippen molar-refractivity contribution in [3.05, 3.63) is 34.2 Å². The smallest absolute Gasteiger partial charge is 0.180 e. The largest absolute Gasteiger partial charge is 0.375 e. The molecule has 1 aromatic heterocycles. The van der Waals surface area contributed by atoms with Gasteiger partial charge in [-0.15, -0.1) is 11.3 Å². The van der Waals surface area contributed by atoms with Crippen LogP contribution in [0.1, 0.15) is 4.88 Å². The van der Waals surface area contributed by atoms with Crippen molar-refractivity contribution in [1.82, 2.24) is 4.98 Å². The Morgan fingerprint density at radius 3 is 2.43 bits per heavy atom. The summed E-state index contributed by atoms with van der Waals surface area (Å²) in [5.41, 5.74) is 7.63. The molecule has 0 aliphatic heterocycles. The topological polar surface area (TPSA) is 38.9 Å². The maximum Gasteiger partial charge on any atom is 0.180 e. The van der Waals surface area contributed by atoms with Crippen LogP contribution in [-0.2, 0) is 0 Å². The Labute approximate surface area is 91.4 Å². The lowest BCUT2D eigenvalue weighted by atomic mass is 10.1. The number of aryl methyl sites for hydroxylation is 1. The second kappa shape index (κ2) is 3.59. The van der Waals surface area contributed by atoms with Gasteiger partial charge in [-0.1, -0.05) is 23.7 Å². The van der Waals surface area contributed by atoms with Gasteiger partial charge in [0.25, 0.3) is 0 Å². The molecule has 0 atom stereocenters. The fourth-order valence-electron chi connectivity index (χ4n) is 1.29. The zero-order chi connectivity index (χ0) is 10.1. The number of anilines is 1. The van der Waals surface area contributed by atoms with Crippen molar-refractivity contribution in [2.45, 2.75) is 6.92 Å². The number of nitrogens with zero attached hydrogens (tertiary/aromatic N) is 1. The number of hydrogen-bond donors (Lipinski definition) is 1. The van der Waals surface area contributed by atoms with E-state index in [1.807, 2.05) is 31.2 Å². The maximum absolute atomic E-state index is 5.80. The number of aromatic nitrogens is 1. The quantitative estimate of drug-likeness (QED) is 0.807.